The summed E-state index contributed by atoms with van der Waals surface area (Å²) in [6.45, 7) is 6.03. The molecule has 0 aliphatic carbocycles. The van der Waals surface area contributed by atoms with Gasteiger partial charge >= 0.3 is 5.97 Å². The zero-order chi connectivity index (χ0) is 12.1. The van der Waals surface area contributed by atoms with Crippen LogP contribution in [0.3, 0.4) is 0 Å². The van der Waals surface area contributed by atoms with Crippen molar-refractivity contribution in [3.8, 4) is 0 Å². The Kier molecular flexibility index (Phi) is 4.22. The first-order valence-corrected chi connectivity index (χ1v) is 5.28. The molecule has 0 bridgehead atoms. The van der Waals surface area contributed by atoms with Crippen molar-refractivity contribution in [1.29, 1.82) is 0 Å². The van der Waals surface area contributed by atoms with Gasteiger partial charge in [-0.25, -0.2) is 9.97 Å². The molecule has 16 heavy (non-hydrogen) atoms. The zero-order valence-electron chi connectivity index (χ0n) is 9.82. The van der Waals surface area contributed by atoms with Gasteiger partial charge in [-0.15, -0.1) is 0 Å². The maximum Gasteiger partial charge on any atom is 0.306 e. The van der Waals surface area contributed by atoms with Crippen molar-refractivity contribution in [1.82, 2.24) is 9.97 Å². The van der Waals surface area contributed by atoms with Gasteiger partial charge in [-0.05, 0) is 20.3 Å². The molecule has 1 rings (SSSR count). The van der Waals surface area contributed by atoms with Crippen molar-refractivity contribution < 1.29 is 9.90 Å². The number of rotatable bonds is 5. The SMILES string of the molecule is Cc1cc(NCCC(C)C(=O)O)nc(C)n1. The highest BCUT2D eigenvalue weighted by molar-refractivity contribution is 5.69. The third kappa shape index (κ3) is 3.84. The molecular weight excluding hydrogens is 206 g/mol. The monoisotopic (exact) mass is 223 g/mol. The van der Waals surface area contributed by atoms with Crippen LogP contribution in [-0.2, 0) is 4.79 Å². The second kappa shape index (κ2) is 5.44. The molecule has 1 aromatic rings. The summed E-state index contributed by atoms with van der Waals surface area (Å²) in [4.78, 5) is 19.0. The minimum Gasteiger partial charge on any atom is -0.481 e. The second-order valence-electron chi connectivity index (χ2n) is 3.90. The number of carboxylic acids is 1. The Morgan fingerprint density at radius 3 is 2.75 bits per heavy atom. The summed E-state index contributed by atoms with van der Waals surface area (Å²) in [5.74, 6) is 0.366. The molecular formula is C11H17N3O2. The van der Waals surface area contributed by atoms with Gasteiger partial charge in [0.05, 0.1) is 5.92 Å². The molecule has 88 valence electrons. The molecule has 0 aliphatic rings. The van der Waals surface area contributed by atoms with Crippen LogP contribution < -0.4 is 5.32 Å². The van der Waals surface area contributed by atoms with Crippen LogP contribution in [0, 0.1) is 19.8 Å². The topological polar surface area (TPSA) is 75.1 Å². The average molecular weight is 223 g/mol. The first-order valence-electron chi connectivity index (χ1n) is 5.28. The number of nitrogens with zero attached hydrogens (tertiary/aromatic N) is 2. The molecule has 0 fully saturated rings. The summed E-state index contributed by atoms with van der Waals surface area (Å²) in [6, 6.07) is 1.85. The minimum atomic E-state index is -0.767. The first kappa shape index (κ1) is 12.4. The molecule has 0 aliphatic heterocycles. The molecule has 0 amide bonds. The fourth-order valence-corrected chi connectivity index (χ4v) is 1.35. The van der Waals surface area contributed by atoms with Crippen LogP contribution in [0.2, 0.25) is 0 Å². The van der Waals surface area contributed by atoms with Crippen molar-refractivity contribution >= 4 is 11.8 Å². The number of carboxylic acid groups (broad SMARTS) is 1. The van der Waals surface area contributed by atoms with E-state index in [0.717, 1.165) is 11.5 Å². The summed E-state index contributed by atoms with van der Waals surface area (Å²) >= 11 is 0. The van der Waals surface area contributed by atoms with E-state index in [0.29, 0.717) is 18.8 Å². The third-order valence-electron chi connectivity index (χ3n) is 2.27. The Labute approximate surface area is 94.9 Å². The number of aryl methyl sites for hydroxylation is 2. The van der Waals surface area contributed by atoms with E-state index in [4.69, 9.17) is 5.11 Å². The number of aliphatic carboxylic acids is 1. The van der Waals surface area contributed by atoms with Gasteiger partial charge in [-0.2, -0.15) is 0 Å². The van der Waals surface area contributed by atoms with Crippen molar-refractivity contribution in [2.45, 2.75) is 27.2 Å². The van der Waals surface area contributed by atoms with E-state index in [1.165, 1.54) is 0 Å². The third-order valence-corrected chi connectivity index (χ3v) is 2.27. The zero-order valence-corrected chi connectivity index (χ0v) is 9.82. The lowest BCUT2D eigenvalue weighted by Crippen LogP contribution is -2.15. The Morgan fingerprint density at radius 2 is 2.19 bits per heavy atom. The lowest BCUT2D eigenvalue weighted by molar-refractivity contribution is -0.141. The standard InChI is InChI=1S/C11H17N3O2/c1-7(11(15)16)4-5-12-10-6-8(2)13-9(3)14-10/h6-7H,4-5H2,1-3H3,(H,15,16)(H,12,13,14). The molecule has 1 heterocycles. The van der Waals surface area contributed by atoms with E-state index >= 15 is 0 Å². The number of hydrogen-bond acceptors (Lipinski definition) is 4. The molecule has 1 aromatic heterocycles. The van der Waals surface area contributed by atoms with E-state index in [2.05, 4.69) is 15.3 Å². The van der Waals surface area contributed by atoms with Crippen LogP contribution in [-0.4, -0.2) is 27.6 Å². The molecule has 5 heteroatoms. The fraction of sp³-hybridized carbons (Fsp3) is 0.545. The van der Waals surface area contributed by atoms with Crippen LogP contribution >= 0.6 is 0 Å². The van der Waals surface area contributed by atoms with Crippen LogP contribution in [0.4, 0.5) is 5.82 Å². The van der Waals surface area contributed by atoms with Gasteiger partial charge in [0.2, 0.25) is 0 Å². The van der Waals surface area contributed by atoms with Gasteiger partial charge in [0.25, 0.3) is 0 Å². The molecule has 5 nitrogen and oxygen atoms in total. The highest BCUT2D eigenvalue weighted by Gasteiger charge is 2.09. The normalized spacial score (nSPS) is 12.2. The smallest absolute Gasteiger partial charge is 0.306 e. The fourth-order valence-electron chi connectivity index (χ4n) is 1.35. The van der Waals surface area contributed by atoms with Crippen LogP contribution in [0.1, 0.15) is 24.9 Å². The Bertz CT molecular complexity index is 359. The van der Waals surface area contributed by atoms with Gasteiger partial charge in [0, 0.05) is 18.3 Å². The molecule has 0 saturated carbocycles. The Balaban J connectivity index is 2.46. The number of hydrogen-bond donors (Lipinski definition) is 2. The van der Waals surface area contributed by atoms with Gasteiger partial charge < -0.3 is 10.4 Å². The molecule has 2 N–H and O–H groups in total. The number of aromatic nitrogens is 2. The maximum atomic E-state index is 10.6. The predicted molar refractivity (Wildman–Crippen MR) is 61.4 cm³/mol. The summed E-state index contributed by atoms with van der Waals surface area (Å²) in [5, 5.41) is 11.8. The molecule has 0 aromatic carbocycles. The summed E-state index contributed by atoms with van der Waals surface area (Å²) in [7, 11) is 0. The van der Waals surface area contributed by atoms with Crippen LogP contribution in [0.5, 0.6) is 0 Å². The molecule has 0 radical (unpaired) electrons. The molecule has 1 atom stereocenters. The van der Waals surface area contributed by atoms with Crippen LogP contribution in [0.25, 0.3) is 0 Å². The van der Waals surface area contributed by atoms with E-state index in [1.54, 1.807) is 6.92 Å². The average Bonchev–Trinajstić information content (AvgIpc) is 2.15. The van der Waals surface area contributed by atoms with Gasteiger partial charge in [0.15, 0.2) is 0 Å². The van der Waals surface area contributed by atoms with Crippen LogP contribution in [0.15, 0.2) is 6.07 Å². The lowest BCUT2D eigenvalue weighted by atomic mass is 10.1. The van der Waals surface area contributed by atoms with Gasteiger partial charge in [-0.3, -0.25) is 4.79 Å². The molecule has 0 spiro atoms. The highest BCUT2D eigenvalue weighted by Crippen LogP contribution is 2.07. The molecule has 0 saturated heterocycles. The number of nitrogens with one attached hydrogen (secondary N) is 1. The van der Waals surface area contributed by atoms with E-state index < -0.39 is 5.97 Å². The predicted octanol–water partition coefficient (Wildman–Crippen LogP) is 1.62. The molecule has 1 unspecified atom stereocenters. The lowest BCUT2D eigenvalue weighted by Gasteiger charge is -2.09. The van der Waals surface area contributed by atoms with Crippen molar-refractivity contribution in [2.24, 2.45) is 5.92 Å². The summed E-state index contributed by atoms with van der Waals surface area (Å²) in [6.07, 6.45) is 0.581. The van der Waals surface area contributed by atoms with Crippen molar-refractivity contribution in [2.75, 3.05) is 11.9 Å². The maximum absolute atomic E-state index is 10.6. The highest BCUT2D eigenvalue weighted by atomic mass is 16.4. The quantitative estimate of drug-likeness (QED) is 0.793. The number of carbonyl (C=O) groups is 1. The largest absolute Gasteiger partial charge is 0.481 e. The number of anilines is 1. The van der Waals surface area contributed by atoms with Crippen molar-refractivity contribution in [3.63, 3.8) is 0 Å². The summed E-state index contributed by atoms with van der Waals surface area (Å²) in [5.41, 5.74) is 0.904. The van der Waals surface area contributed by atoms with Crippen molar-refractivity contribution in [3.05, 3.63) is 17.6 Å². The van der Waals surface area contributed by atoms with E-state index in [1.807, 2.05) is 19.9 Å². The summed E-state index contributed by atoms with van der Waals surface area (Å²) < 4.78 is 0. The Morgan fingerprint density at radius 1 is 1.50 bits per heavy atom. The van der Waals surface area contributed by atoms with E-state index in [-0.39, 0.29) is 5.92 Å². The second-order valence-corrected chi connectivity index (χ2v) is 3.90. The van der Waals surface area contributed by atoms with Gasteiger partial charge in [0.1, 0.15) is 11.6 Å². The van der Waals surface area contributed by atoms with E-state index in [9.17, 15) is 4.79 Å². The minimum absolute atomic E-state index is 0.337. The van der Waals surface area contributed by atoms with Gasteiger partial charge in [-0.1, -0.05) is 6.92 Å². The Hall–Kier alpha value is -1.65. The first-order chi connectivity index (χ1) is 7.49.